The van der Waals surface area contributed by atoms with E-state index >= 15 is 0 Å². The normalized spacial score (nSPS) is 11.5. The molecule has 0 fully saturated rings. The van der Waals surface area contributed by atoms with Crippen molar-refractivity contribution >= 4 is 51.0 Å². The molecule has 2 N–H and O–H groups in total. The Morgan fingerprint density at radius 1 is 0.947 bits per heavy atom. The van der Waals surface area contributed by atoms with E-state index in [1.807, 2.05) is 102 Å². The number of fused-ring (bicyclic) bond motifs is 1. The number of nitrogens with zero attached hydrogens (tertiary/aromatic N) is 2. The van der Waals surface area contributed by atoms with E-state index < -0.39 is 0 Å². The minimum Gasteiger partial charge on any atom is -0.367 e. The highest BCUT2D eigenvalue weighted by atomic mass is 79.9. The van der Waals surface area contributed by atoms with E-state index in [2.05, 4.69) is 38.7 Å². The topological polar surface area (TPSA) is 58.4 Å². The quantitative estimate of drug-likeness (QED) is 0.183. The lowest BCUT2D eigenvalue weighted by Gasteiger charge is -2.13. The van der Waals surface area contributed by atoms with E-state index in [0.29, 0.717) is 23.7 Å². The SMILES string of the molecule is C/C(=C\c1ccccc1)C(=O)NCc1ccc(CNc2cc(-c3ccccc3Cl)nc3c(Br)ccn23)cc1. The van der Waals surface area contributed by atoms with Crippen molar-refractivity contribution in [3.05, 3.63) is 129 Å². The van der Waals surface area contributed by atoms with Gasteiger partial charge in [0.25, 0.3) is 0 Å². The number of rotatable bonds is 8. The zero-order valence-electron chi connectivity index (χ0n) is 20.8. The molecule has 3 aromatic carbocycles. The number of amides is 1. The van der Waals surface area contributed by atoms with Crippen molar-refractivity contribution in [2.45, 2.75) is 20.0 Å². The molecule has 2 heterocycles. The summed E-state index contributed by atoms with van der Waals surface area (Å²) in [7, 11) is 0. The Labute approximate surface area is 235 Å². The second-order valence-electron chi connectivity index (χ2n) is 8.95. The van der Waals surface area contributed by atoms with E-state index in [0.717, 1.165) is 43.9 Å². The van der Waals surface area contributed by atoms with Crippen LogP contribution < -0.4 is 10.6 Å². The van der Waals surface area contributed by atoms with Crippen molar-refractivity contribution < 1.29 is 4.79 Å². The summed E-state index contributed by atoms with van der Waals surface area (Å²) in [4.78, 5) is 17.3. The fraction of sp³-hybridized carbons (Fsp3) is 0.0968. The van der Waals surface area contributed by atoms with Crippen LogP contribution in [0.3, 0.4) is 0 Å². The van der Waals surface area contributed by atoms with Crippen LogP contribution in [0.2, 0.25) is 5.02 Å². The number of anilines is 1. The highest BCUT2D eigenvalue weighted by molar-refractivity contribution is 9.10. The summed E-state index contributed by atoms with van der Waals surface area (Å²) in [6.07, 6.45) is 3.87. The highest BCUT2D eigenvalue weighted by Gasteiger charge is 2.12. The molecule has 0 spiro atoms. The van der Waals surface area contributed by atoms with E-state index in [-0.39, 0.29) is 5.91 Å². The summed E-state index contributed by atoms with van der Waals surface area (Å²) in [6, 6.07) is 29.7. The lowest BCUT2D eigenvalue weighted by Crippen LogP contribution is -2.23. The summed E-state index contributed by atoms with van der Waals surface area (Å²) in [5, 5.41) is 7.19. The molecule has 5 nitrogen and oxygen atoms in total. The Hall–Kier alpha value is -3.87. The van der Waals surface area contributed by atoms with Gasteiger partial charge in [-0.3, -0.25) is 9.20 Å². The largest absolute Gasteiger partial charge is 0.367 e. The average Bonchev–Trinajstić information content (AvgIpc) is 3.32. The fourth-order valence-electron chi connectivity index (χ4n) is 4.14. The molecule has 0 radical (unpaired) electrons. The smallest absolute Gasteiger partial charge is 0.247 e. The Bertz CT molecular complexity index is 1610. The second-order valence-corrected chi connectivity index (χ2v) is 10.2. The predicted molar refractivity (Wildman–Crippen MR) is 159 cm³/mol. The molecular weight excluding hydrogens is 560 g/mol. The molecule has 2 aromatic heterocycles. The molecule has 1 amide bonds. The number of hydrogen-bond donors (Lipinski definition) is 2. The molecule has 0 atom stereocenters. The van der Waals surface area contributed by atoms with Crippen molar-refractivity contribution in [2.24, 2.45) is 0 Å². The second kappa shape index (κ2) is 11.7. The summed E-state index contributed by atoms with van der Waals surface area (Å²) in [6.45, 7) is 2.92. The number of benzene rings is 3. The Morgan fingerprint density at radius 3 is 2.37 bits per heavy atom. The summed E-state index contributed by atoms with van der Waals surface area (Å²) < 4.78 is 2.93. The third-order valence-corrected chi connectivity index (χ3v) is 7.16. The molecule has 5 rings (SSSR count). The van der Waals surface area contributed by atoms with Crippen LogP contribution in [0.1, 0.15) is 23.6 Å². The van der Waals surface area contributed by atoms with Gasteiger partial charge in [-0.05, 0) is 57.8 Å². The zero-order chi connectivity index (χ0) is 26.5. The van der Waals surface area contributed by atoms with Crippen LogP contribution in [0.4, 0.5) is 5.82 Å². The van der Waals surface area contributed by atoms with Gasteiger partial charge >= 0.3 is 0 Å². The monoisotopic (exact) mass is 584 g/mol. The highest BCUT2D eigenvalue weighted by Crippen LogP contribution is 2.31. The number of halogens is 2. The standard InChI is InChI=1S/C31H26BrClN4O/c1-21(17-22-7-3-2-4-8-22)31(38)35-20-24-13-11-23(12-14-24)19-34-29-18-28(25-9-5-6-10-27(25)33)36-30-26(32)15-16-37(29)30/h2-18,34H,19-20H2,1H3,(H,35,38)/b21-17+. The molecule has 190 valence electrons. The number of carbonyl (C=O) groups excluding carboxylic acids is 1. The maximum atomic E-state index is 12.5. The van der Waals surface area contributed by atoms with Gasteiger partial charge in [0.15, 0.2) is 5.65 Å². The predicted octanol–water partition coefficient (Wildman–Crippen LogP) is 7.75. The van der Waals surface area contributed by atoms with E-state index in [9.17, 15) is 4.79 Å². The molecule has 0 aliphatic rings. The van der Waals surface area contributed by atoms with Crippen LogP contribution in [0.15, 0.2) is 107 Å². The summed E-state index contributed by atoms with van der Waals surface area (Å²) in [5.74, 6) is 0.834. The van der Waals surface area contributed by atoms with Gasteiger partial charge in [-0.15, -0.1) is 0 Å². The van der Waals surface area contributed by atoms with Crippen LogP contribution in [0.25, 0.3) is 23.0 Å². The number of nitrogens with one attached hydrogen (secondary N) is 2. The van der Waals surface area contributed by atoms with Crippen molar-refractivity contribution in [3.8, 4) is 11.3 Å². The molecule has 0 unspecified atom stereocenters. The average molecular weight is 586 g/mol. The van der Waals surface area contributed by atoms with Gasteiger partial charge in [-0.1, -0.05) is 84.4 Å². The van der Waals surface area contributed by atoms with Crippen LogP contribution in [-0.2, 0) is 17.9 Å². The molecule has 0 aliphatic heterocycles. The number of aromatic nitrogens is 2. The van der Waals surface area contributed by atoms with Crippen molar-refractivity contribution in [1.29, 1.82) is 0 Å². The van der Waals surface area contributed by atoms with Crippen LogP contribution in [-0.4, -0.2) is 15.3 Å². The first-order valence-corrected chi connectivity index (χ1v) is 13.4. The lowest BCUT2D eigenvalue weighted by molar-refractivity contribution is -0.117. The van der Waals surface area contributed by atoms with Gasteiger partial charge in [-0.2, -0.15) is 0 Å². The maximum Gasteiger partial charge on any atom is 0.247 e. The third-order valence-electron chi connectivity index (χ3n) is 6.21. The first-order chi connectivity index (χ1) is 18.5. The number of carbonyl (C=O) groups is 1. The van der Waals surface area contributed by atoms with Crippen molar-refractivity contribution in [3.63, 3.8) is 0 Å². The molecule has 0 aliphatic carbocycles. The molecule has 0 saturated carbocycles. The van der Waals surface area contributed by atoms with Gasteiger partial charge in [0, 0.05) is 41.5 Å². The maximum absolute atomic E-state index is 12.5. The van der Waals surface area contributed by atoms with Crippen LogP contribution in [0, 0.1) is 0 Å². The van der Waals surface area contributed by atoms with Crippen molar-refractivity contribution in [2.75, 3.05) is 5.32 Å². The summed E-state index contributed by atoms with van der Waals surface area (Å²) in [5.41, 5.74) is 6.34. The van der Waals surface area contributed by atoms with Gasteiger partial charge in [0.2, 0.25) is 5.91 Å². The van der Waals surface area contributed by atoms with E-state index in [1.165, 1.54) is 0 Å². The van der Waals surface area contributed by atoms with Gasteiger partial charge in [0.05, 0.1) is 10.2 Å². The van der Waals surface area contributed by atoms with E-state index in [4.69, 9.17) is 16.6 Å². The first-order valence-electron chi connectivity index (χ1n) is 12.2. The number of hydrogen-bond acceptors (Lipinski definition) is 3. The third kappa shape index (κ3) is 5.98. The van der Waals surface area contributed by atoms with Gasteiger partial charge < -0.3 is 10.6 Å². The van der Waals surface area contributed by atoms with E-state index in [1.54, 1.807) is 0 Å². The van der Waals surface area contributed by atoms with Gasteiger partial charge in [0.1, 0.15) is 5.82 Å². The zero-order valence-corrected chi connectivity index (χ0v) is 23.1. The minimum absolute atomic E-state index is 0.0755. The molecule has 5 aromatic rings. The Morgan fingerprint density at radius 2 is 1.63 bits per heavy atom. The van der Waals surface area contributed by atoms with Crippen LogP contribution in [0.5, 0.6) is 0 Å². The Kier molecular flexibility index (Phi) is 7.91. The van der Waals surface area contributed by atoms with Gasteiger partial charge in [-0.25, -0.2) is 4.98 Å². The summed E-state index contributed by atoms with van der Waals surface area (Å²) >= 11 is 10.1. The molecule has 0 bridgehead atoms. The van der Waals surface area contributed by atoms with Crippen LogP contribution >= 0.6 is 27.5 Å². The Balaban J connectivity index is 1.25. The first kappa shape index (κ1) is 25.8. The lowest BCUT2D eigenvalue weighted by atomic mass is 10.1. The molecule has 0 saturated heterocycles. The molecule has 7 heteroatoms. The van der Waals surface area contributed by atoms with Crippen molar-refractivity contribution in [1.82, 2.24) is 14.7 Å². The minimum atomic E-state index is -0.0755. The molecular formula is C31H26BrClN4O. The fourth-order valence-corrected chi connectivity index (χ4v) is 4.77. The molecule has 38 heavy (non-hydrogen) atoms.